The van der Waals surface area contributed by atoms with Gasteiger partial charge < -0.3 is 11.1 Å². The zero-order chi connectivity index (χ0) is 13.3. The molecule has 4 heteroatoms. The van der Waals surface area contributed by atoms with Crippen LogP contribution in [-0.2, 0) is 9.59 Å². The van der Waals surface area contributed by atoms with E-state index < -0.39 is 11.3 Å². The summed E-state index contributed by atoms with van der Waals surface area (Å²) in [5, 5.41) is 2.94. The van der Waals surface area contributed by atoms with Crippen LogP contribution in [0.15, 0.2) is 0 Å². The van der Waals surface area contributed by atoms with Crippen molar-refractivity contribution >= 4 is 11.8 Å². The highest BCUT2D eigenvalue weighted by molar-refractivity contribution is 6.03. The molecule has 0 aromatic heterocycles. The van der Waals surface area contributed by atoms with Crippen molar-refractivity contribution in [2.24, 2.45) is 16.6 Å². The summed E-state index contributed by atoms with van der Waals surface area (Å²) in [4.78, 5) is 23.1. The molecule has 2 amide bonds. The lowest BCUT2D eigenvalue weighted by Crippen LogP contribution is -2.50. The Morgan fingerprint density at radius 1 is 1.24 bits per heavy atom. The molecule has 1 rings (SSSR count). The van der Waals surface area contributed by atoms with Gasteiger partial charge in [-0.2, -0.15) is 0 Å². The van der Waals surface area contributed by atoms with Gasteiger partial charge in [-0.15, -0.1) is 0 Å². The van der Waals surface area contributed by atoms with E-state index in [0.717, 1.165) is 25.7 Å². The molecule has 0 spiro atoms. The standard InChI is InChI=1S/C13H24N2O2/c1-12(2)7-5-9(6-8-12)15-11(17)13(3,4)10(14)16/h9H,5-8H2,1-4H3,(H2,14,16)(H,15,17). The van der Waals surface area contributed by atoms with E-state index in [0.29, 0.717) is 5.41 Å². The molecule has 4 nitrogen and oxygen atoms in total. The van der Waals surface area contributed by atoms with Crippen LogP contribution in [0.1, 0.15) is 53.4 Å². The van der Waals surface area contributed by atoms with Crippen LogP contribution < -0.4 is 11.1 Å². The number of amides is 2. The first-order valence-electron chi connectivity index (χ1n) is 6.26. The second-order valence-corrected chi connectivity index (χ2v) is 6.40. The van der Waals surface area contributed by atoms with Crippen LogP contribution in [0, 0.1) is 10.8 Å². The lowest BCUT2D eigenvalue weighted by molar-refractivity contribution is -0.140. The summed E-state index contributed by atoms with van der Waals surface area (Å²) in [5.74, 6) is -0.833. The lowest BCUT2D eigenvalue weighted by atomic mass is 9.75. The van der Waals surface area contributed by atoms with Gasteiger partial charge in [0.25, 0.3) is 0 Å². The quantitative estimate of drug-likeness (QED) is 0.735. The third-order valence-electron chi connectivity index (χ3n) is 3.86. The molecule has 17 heavy (non-hydrogen) atoms. The predicted octanol–water partition coefficient (Wildman–Crippen LogP) is 1.58. The van der Waals surface area contributed by atoms with Crippen LogP contribution in [0.4, 0.5) is 0 Å². The van der Waals surface area contributed by atoms with Crippen molar-refractivity contribution in [1.82, 2.24) is 5.32 Å². The van der Waals surface area contributed by atoms with E-state index in [-0.39, 0.29) is 11.9 Å². The normalized spacial score (nSPS) is 20.9. The third kappa shape index (κ3) is 3.45. The van der Waals surface area contributed by atoms with Crippen molar-refractivity contribution in [3.05, 3.63) is 0 Å². The summed E-state index contributed by atoms with van der Waals surface area (Å²) in [6.07, 6.45) is 4.17. The fourth-order valence-corrected chi connectivity index (χ4v) is 2.02. The molecule has 0 heterocycles. The zero-order valence-electron chi connectivity index (χ0n) is 11.3. The molecule has 3 N–H and O–H groups in total. The first kappa shape index (κ1) is 14.0. The van der Waals surface area contributed by atoms with Crippen molar-refractivity contribution in [3.63, 3.8) is 0 Å². The van der Waals surface area contributed by atoms with E-state index in [1.54, 1.807) is 13.8 Å². The van der Waals surface area contributed by atoms with Gasteiger partial charge >= 0.3 is 0 Å². The van der Waals surface area contributed by atoms with Crippen LogP contribution in [-0.4, -0.2) is 17.9 Å². The zero-order valence-corrected chi connectivity index (χ0v) is 11.3. The number of hydrogen-bond acceptors (Lipinski definition) is 2. The van der Waals surface area contributed by atoms with Gasteiger partial charge in [0, 0.05) is 6.04 Å². The fourth-order valence-electron chi connectivity index (χ4n) is 2.02. The molecule has 1 aliphatic carbocycles. The molecule has 98 valence electrons. The molecule has 0 atom stereocenters. The monoisotopic (exact) mass is 240 g/mol. The highest BCUT2D eigenvalue weighted by Crippen LogP contribution is 2.35. The van der Waals surface area contributed by atoms with Gasteiger partial charge in [0.2, 0.25) is 11.8 Å². The van der Waals surface area contributed by atoms with Crippen molar-refractivity contribution < 1.29 is 9.59 Å². The summed E-state index contributed by atoms with van der Waals surface area (Å²) < 4.78 is 0. The number of hydrogen-bond donors (Lipinski definition) is 2. The van der Waals surface area contributed by atoms with E-state index in [2.05, 4.69) is 19.2 Å². The topological polar surface area (TPSA) is 72.2 Å². The van der Waals surface area contributed by atoms with E-state index in [1.807, 2.05) is 0 Å². The molecule has 0 aromatic rings. The molecule has 0 saturated heterocycles. The maximum Gasteiger partial charge on any atom is 0.235 e. The Morgan fingerprint density at radius 2 is 1.71 bits per heavy atom. The second-order valence-electron chi connectivity index (χ2n) is 6.40. The predicted molar refractivity (Wildman–Crippen MR) is 67.2 cm³/mol. The number of nitrogens with two attached hydrogens (primary N) is 1. The average Bonchev–Trinajstić information content (AvgIpc) is 2.20. The molecule has 1 fully saturated rings. The Hall–Kier alpha value is -1.06. The molecular weight excluding hydrogens is 216 g/mol. The van der Waals surface area contributed by atoms with E-state index in [9.17, 15) is 9.59 Å². The van der Waals surface area contributed by atoms with Crippen LogP contribution >= 0.6 is 0 Å². The van der Waals surface area contributed by atoms with E-state index in [1.165, 1.54) is 0 Å². The Labute approximate surface area is 103 Å². The van der Waals surface area contributed by atoms with E-state index >= 15 is 0 Å². The van der Waals surface area contributed by atoms with Crippen LogP contribution in [0.5, 0.6) is 0 Å². The van der Waals surface area contributed by atoms with Crippen molar-refractivity contribution in [2.75, 3.05) is 0 Å². The highest BCUT2D eigenvalue weighted by Gasteiger charge is 2.36. The SMILES string of the molecule is CC1(C)CCC(NC(=O)C(C)(C)C(N)=O)CC1. The Bertz CT molecular complexity index is 311. The van der Waals surface area contributed by atoms with Gasteiger partial charge in [0.05, 0.1) is 0 Å². The minimum absolute atomic E-state index is 0.189. The number of nitrogens with one attached hydrogen (secondary N) is 1. The molecule has 1 saturated carbocycles. The maximum atomic E-state index is 11.9. The fraction of sp³-hybridized carbons (Fsp3) is 0.846. The van der Waals surface area contributed by atoms with Crippen LogP contribution in [0.25, 0.3) is 0 Å². The van der Waals surface area contributed by atoms with E-state index in [4.69, 9.17) is 5.73 Å². The summed E-state index contributed by atoms with van der Waals surface area (Å²) in [6.45, 7) is 7.63. The second kappa shape index (κ2) is 4.67. The number of primary amides is 1. The maximum absolute atomic E-state index is 11.9. The number of rotatable bonds is 3. The van der Waals surface area contributed by atoms with Crippen molar-refractivity contribution in [3.8, 4) is 0 Å². The van der Waals surface area contributed by atoms with Gasteiger partial charge in [-0.3, -0.25) is 9.59 Å². The Kier molecular flexibility index (Phi) is 3.84. The lowest BCUT2D eigenvalue weighted by Gasteiger charge is -2.35. The number of carbonyl (C=O) groups excluding carboxylic acids is 2. The summed E-state index contributed by atoms with van der Waals surface area (Å²) >= 11 is 0. The number of carbonyl (C=O) groups is 2. The van der Waals surface area contributed by atoms with Crippen LogP contribution in [0.3, 0.4) is 0 Å². The van der Waals surface area contributed by atoms with Crippen molar-refractivity contribution in [1.29, 1.82) is 0 Å². The van der Waals surface area contributed by atoms with Gasteiger partial charge in [0.15, 0.2) is 0 Å². The summed E-state index contributed by atoms with van der Waals surface area (Å²) in [7, 11) is 0. The molecule has 0 unspecified atom stereocenters. The molecule has 1 aliphatic rings. The smallest absolute Gasteiger partial charge is 0.235 e. The first-order valence-corrected chi connectivity index (χ1v) is 6.26. The highest BCUT2D eigenvalue weighted by atomic mass is 16.2. The molecule has 0 radical (unpaired) electrons. The largest absolute Gasteiger partial charge is 0.369 e. The summed E-state index contributed by atoms with van der Waals surface area (Å²) in [5.41, 5.74) is 4.48. The minimum atomic E-state index is -1.12. The van der Waals surface area contributed by atoms with Gasteiger partial charge in [0.1, 0.15) is 5.41 Å². The van der Waals surface area contributed by atoms with Gasteiger partial charge in [-0.1, -0.05) is 13.8 Å². The van der Waals surface area contributed by atoms with Crippen LogP contribution in [0.2, 0.25) is 0 Å². The molecule has 0 aliphatic heterocycles. The third-order valence-corrected chi connectivity index (χ3v) is 3.86. The first-order chi connectivity index (χ1) is 7.65. The molecule has 0 bridgehead atoms. The summed E-state index contributed by atoms with van der Waals surface area (Å²) in [6, 6.07) is 0.189. The Balaban J connectivity index is 2.51. The minimum Gasteiger partial charge on any atom is -0.369 e. The average molecular weight is 240 g/mol. The van der Waals surface area contributed by atoms with Gasteiger partial charge in [-0.25, -0.2) is 0 Å². The Morgan fingerprint density at radius 3 is 2.12 bits per heavy atom. The van der Waals surface area contributed by atoms with Crippen molar-refractivity contribution in [2.45, 2.75) is 59.4 Å². The molecular formula is C13H24N2O2. The van der Waals surface area contributed by atoms with Gasteiger partial charge in [-0.05, 0) is 44.9 Å². The molecule has 0 aromatic carbocycles.